The van der Waals surface area contributed by atoms with E-state index in [1.807, 2.05) is 60.7 Å². The summed E-state index contributed by atoms with van der Waals surface area (Å²) in [6, 6.07) is 23.0. The van der Waals surface area contributed by atoms with Crippen LogP contribution < -0.4 is 25.2 Å². The van der Waals surface area contributed by atoms with Crippen molar-refractivity contribution in [2.45, 2.75) is 24.3 Å². The van der Waals surface area contributed by atoms with Gasteiger partial charge in [-0.05, 0) is 48.7 Å². The number of carbonyl (C=O) groups excluding carboxylic acids is 2. The standard InChI is InChI=1S/C29H31ClN4O3/c1-37-26-10-6-5-9-25(26)34-17-15-33(16-18-34)24-14-13-22(19-23(24)28(35)31-21-11-12-21)32-29(36)27(30)20-7-3-2-4-8-20/h2-10,13-14,19,21,27H,11-12,15-18H2,1H3,(H,31,35)(H,32,36). The lowest BCUT2D eigenvalue weighted by Crippen LogP contribution is -2.47. The van der Waals surface area contributed by atoms with Crippen LogP contribution in [0.15, 0.2) is 72.8 Å². The van der Waals surface area contributed by atoms with Crippen LogP contribution in [0.2, 0.25) is 0 Å². The van der Waals surface area contributed by atoms with E-state index in [0.717, 1.165) is 61.7 Å². The lowest BCUT2D eigenvalue weighted by Gasteiger charge is -2.38. The number of benzene rings is 3. The molecule has 2 fully saturated rings. The summed E-state index contributed by atoms with van der Waals surface area (Å²) in [4.78, 5) is 30.6. The Morgan fingerprint density at radius 1 is 0.892 bits per heavy atom. The normalized spacial score (nSPS) is 16.2. The summed E-state index contributed by atoms with van der Waals surface area (Å²) >= 11 is 6.41. The summed E-state index contributed by atoms with van der Waals surface area (Å²) in [6.45, 7) is 3.11. The van der Waals surface area contributed by atoms with Crippen LogP contribution in [0.3, 0.4) is 0 Å². The summed E-state index contributed by atoms with van der Waals surface area (Å²) in [7, 11) is 1.69. The van der Waals surface area contributed by atoms with Crippen molar-refractivity contribution in [1.82, 2.24) is 5.32 Å². The highest BCUT2D eigenvalue weighted by Crippen LogP contribution is 2.32. The number of anilines is 3. The number of rotatable bonds is 8. The fraction of sp³-hybridized carbons (Fsp3) is 0.310. The maximum atomic E-state index is 13.2. The molecular formula is C29H31ClN4O3. The lowest BCUT2D eigenvalue weighted by molar-refractivity contribution is -0.116. The molecule has 1 aliphatic carbocycles. The van der Waals surface area contributed by atoms with Gasteiger partial charge in [0.1, 0.15) is 11.1 Å². The molecule has 1 atom stereocenters. The van der Waals surface area contributed by atoms with Crippen LogP contribution in [0.4, 0.5) is 17.1 Å². The number of methoxy groups -OCH3 is 1. The zero-order chi connectivity index (χ0) is 25.8. The van der Waals surface area contributed by atoms with E-state index < -0.39 is 5.38 Å². The highest BCUT2D eigenvalue weighted by Gasteiger charge is 2.28. The average Bonchev–Trinajstić information content (AvgIpc) is 3.77. The molecule has 3 aromatic rings. The Kier molecular flexibility index (Phi) is 7.51. The van der Waals surface area contributed by atoms with Crippen molar-refractivity contribution < 1.29 is 14.3 Å². The molecular weight excluding hydrogens is 488 g/mol. The van der Waals surface area contributed by atoms with Crippen molar-refractivity contribution in [3.05, 3.63) is 83.9 Å². The molecule has 1 saturated heterocycles. The second-order valence-corrected chi connectivity index (χ2v) is 9.82. The third kappa shape index (κ3) is 5.83. The Bertz CT molecular complexity index is 1260. The van der Waals surface area contributed by atoms with Gasteiger partial charge in [0.25, 0.3) is 5.91 Å². The van der Waals surface area contributed by atoms with E-state index in [1.165, 1.54) is 0 Å². The fourth-order valence-corrected chi connectivity index (χ4v) is 4.82. The molecule has 2 N–H and O–H groups in total. The van der Waals surface area contributed by atoms with E-state index in [1.54, 1.807) is 13.2 Å². The molecule has 1 saturated carbocycles. The van der Waals surface area contributed by atoms with Crippen molar-refractivity contribution in [2.75, 3.05) is 48.4 Å². The van der Waals surface area contributed by atoms with Crippen LogP contribution in [-0.2, 0) is 4.79 Å². The maximum Gasteiger partial charge on any atom is 0.253 e. The van der Waals surface area contributed by atoms with Crippen LogP contribution >= 0.6 is 11.6 Å². The van der Waals surface area contributed by atoms with E-state index in [0.29, 0.717) is 11.3 Å². The Labute approximate surface area is 222 Å². The van der Waals surface area contributed by atoms with Crippen molar-refractivity contribution in [3.8, 4) is 5.75 Å². The third-order valence-electron chi connectivity index (χ3n) is 6.79. The van der Waals surface area contributed by atoms with Gasteiger partial charge in [0.05, 0.1) is 18.4 Å². The Balaban J connectivity index is 1.33. The molecule has 3 aromatic carbocycles. The van der Waals surface area contributed by atoms with Crippen molar-refractivity contribution in [3.63, 3.8) is 0 Å². The van der Waals surface area contributed by atoms with E-state index in [2.05, 4.69) is 26.5 Å². The molecule has 0 aromatic heterocycles. The summed E-state index contributed by atoms with van der Waals surface area (Å²) in [5.41, 5.74) is 3.76. The fourth-order valence-electron chi connectivity index (χ4n) is 4.62. The minimum atomic E-state index is -0.826. The van der Waals surface area contributed by atoms with Crippen molar-refractivity contribution >= 4 is 40.5 Å². The van der Waals surface area contributed by atoms with Gasteiger partial charge in [-0.3, -0.25) is 9.59 Å². The van der Waals surface area contributed by atoms with Gasteiger partial charge >= 0.3 is 0 Å². The zero-order valence-electron chi connectivity index (χ0n) is 20.8. The third-order valence-corrected chi connectivity index (χ3v) is 7.24. The van der Waals surface area contributed by atoms with E-state index >= 15 is 0 Å². The van der Waals surface area contributed by atoms with Crippen LogP contribution in [0.5, 0.6) is 5.75 Å². The number of para-hydroxylation sites is 2. The monoisotopic (exact) mass is 518 g/mol. The van der Waals surface area contributed by atoms with Gasteiger partial charge < -0.3 is 25.2 Å². The summed E-state index contributed by atoms with van der Waals surface area (Å²) in [5, 5.41) is 5.16. The first-order valence-electron chi connectivity index (χ1n) is 12.6. The minimum absolute atomic E-state index is 0.119. The summed E-state index contributed by atoms with van der Waals surface area (Å²) < 4.78 is 5.54. The molecule has 1 aliphatic heterocycles. The molecule has 192 valence electrons. The second kappa shape index (κ2) is 11.1. The van der Waals surface area contributed by atoms with Crippen LogP contribution in [-0.4, -0.2) is 51.1 Å². The Morgan fingerprint density at radius 3 is 2.22 bits per heavy atom. The molecule has 8 heteroatoms. The number of carbonyl (C=O) groups is 2. The summed E-state index contributed by atoms with van der Waals surface area (Å²) in [5.74, 6) is 0.402. The van der Waals surface area contributed by atoms with Crippen molar-refractivity contribution in [2.24, 2.45) is 0 Å². The van der Waals surface area contributed by atoms with E-state index in [4.69, 9.17) is 16.3 Å². The van der Waals surface area contributed by atoms with Crippen LogP contribution in [0.25, 0.3) is 0 Å². The number of piperazine rings is 1. The Hall–Kier alpha value is -3.71. The zero-order valence-corrected chi connectivity index (χ0v) is 21.6. The lowest BCUT2D eigenvalue weighted by atomic mass is 10.1. The average molecular weight is 519 g/mol. The SMILES string of the molecule is COc1ccccc1N1CCN(c2ccc(NC(=O)C(Cl)c3ccccc3)cc2C(=O)NC2CC2)CC1. The van der Waals surface area contributed by atoms with Crippen molar-refractivity contribution in [1.29, 1.82) is 0 Å². The first-order valence-corrected chi connectivity index (χ1v) is 13.0. The highest BCUT2D eigenvalue weighted by atomic mass is 35.5. The number of hydrogen-bond acceptors (Lipinski definition) is 5. The number of ether oxygens (including phenoxy) is 1. The topological polar surface area (TPSA) is 73.9 Å². The maximum absolute atomic E-state index is 13.2. The van der Waals surface area contributed by atoms with Gasteiger partial charge in [-0.15, -0.1) is 11.6 Å². The van der Waals surface area contributed by atoms with Crippen LogP contribution in [0.1, 0.15) is 34.1 Å². The molecule has 1 heterocycles. The van der Waals surface area contributed by atoms with Gasteiger partial charge in [0, 0.05) is 43.6 Å². The number of nitrogens with one attached hydrogen (secondary N) is 2. The predicted molar refractivity (Wildman–Crippen MR) is 148 cm³/mol. The largest absolute Gasteiger partial charge is 0.495 e. The highest BCUT2D eigenvalue weighted by molar-refractivity contribution is 6.32. The molecule has 1 unspecified atom stereocenters. The summed E-state index contributed by atoms with van der Waals surface area (Å²) in [6.07, 6.45) is 2.00. The number of halogens is 1. The van der Waals surface area contributed by atoms with Gasteiger partial charge in [-0.1, -0.05) is 42.5 Å². The quantitative estimate of drug-likeness (QED) is 0.418. The molecule has 37 heavy (non-hydrogen) atoms. The number of amides is 2. The number of hydrogen-bond donors (Lipinski definition) is 2. The van der Waals surface area contributed by atoms with E-state index in [9.17, 15) is 9.59 Å². The molecule has 0 bridgehead atoms. The van der Waals surface area contributed by atoms with Crippen LogP contribution in [0, 0.1) is 0 Å². The molecule has 5 rings (SSSR count). The molecule has 2 aliphatic rings. The minimum Gasteiger partial charge on any atom is -0.495 e. The smallest absolute Gasteiger partial charge is 0.253 e. The molecule has 2 amide bonds. The number of nitrogens with zero attached hydrogens (tertiary/aromatic N) is 2. The van der Waals surface area contributed by atoms with Gasteiger partial charge in [-0.2, -0.15) is 0 Å². The number of alkyl halides is 1. The van der Waals surface area contributed by atoms with Gasteiger partial charge in [0.15, 0.2) is 0 Å². The molecule has 7 nitrogen and oxygen atoms in total. The first kappa shape index (κ1) is 25.0. The van der Waals surface area contributed by atoms with E-state index in [-0.39, 0.29) is 17.9 Å². The van der Waals surface area contributed by atoms with Gasteiger partial charge in [0.2, 0.25) is 5.91 Å². The predicted octanol–water partition coefficient (Wildman–Crippen LogP) is 4.83. The second-order valence-electron chi connectivity index (χ2n) is 9.39. The van der Waals surface area contributed by atoms with Gasteiger partial charge in [-0.25, -0.2) is 0 Å². The molecule has 0 radical (unpaired) electrons. The Morgan fingerprint density at radius 2 is 1.54 bits per heavy atom. The first-order chi connectivity index (χ1) is 18.0. The molecule has 0 spiro atoms.